The van der Waals surface area contributed by atoms with Crippen molar-refractivity contribution in [3.63, 3.8) is 0 Å². The summed E-state index contributed by atoms with van der Waals surface area (Å²) < 4.78 is 0. The molecule has 0 saturated carbocycles. The molecule has 14 heavy (non-hydrogen) atoms. The van der Waals surface area contributed by atoms with Crippen molar-refractivity contribution in [3.05, 3.63) is 7.43 Å². The molecule has 0 aliphatic heterocycles. The van der Waals surface area contributed by atoms with Crippen LogP contribution in [0, 0.1) is 7.43 Å². The first kappa shape index (κ1) is 36.5. The van der Waals surface area contributed by atoms with E-state index in [1.807, 2.05) is 0 Å². The molecule has 0 fully saturated rings. The van der Waals surface area contributed by atoms with Crippen LogP contribution in [0.5, 0.6) is 0 Å². The van der Waals surface area contributed by atoms with Crippen molar-refractivity contribution >= 4 is 0 Å². The summed E-state index contributed by atoms with van der Waals surface area (Å²) in [4.78, 5) is 0. The summed E-state index contributed by atoms with van der Waals surface area (Å²) in [5.74, 6) is 0. The summed E-state index contributed by atoms with van der Waals surface area (Å²) in [7, 11) is 0. The van der Waals surface area contributed by atoms with Gasteiger partial charge in [-0.15, -0.1) is 0 Å². The van der Waals surface area contributed by atoms with Crippen molar-refractivity contribution in [1.29, 1.82) is 0 Å². The SMILES string of the molecule is CCO.CCO.CCO.CCO.[CH3-].[Nb]. The number of rotatable bonds is 0. The molecule has 0 bridgehead atoms. The average Bonchev–Trinajstić information content (AvgIpc) is 1.92. The van der Waals surface area contributed by atoms with Crippen molar-refractivity contribution in [2.75, 3.05) is 26.4 Å². The van der Waals surface area contributed by atoms with Gasteiger partial charge in [0.2, 0.25) is 0 Å². The fraction of sp³-hybridized carbons (Fsp3) is 0.889. The second-order valence-electron chi connectivity index (χ2n) is 1.26. The number of aliphatic hydroxyl groups excluding tert-OH is 4. The molecule has 0 aliphatic rings. The topological polar surface area (TPSA) is 80.9 Å². The second-order valence-corrected chi connectivity index (χ2v) is 1.26. The second kappa shape index (κ2) is 102. The Balaban J connectivity index is -0.0000000145. The molecule has 0 aliphatic carbocycles. The zero-order chi connectivity index (χ0) is 10.8. The van der Waals surface area contributed by atoms with E-state index in [9.17, 15) is 0 Å². The maximum atomic E-state index is 7.57. The number of hydrogen-bond acceptors (Lipinski definition) is 4. The van der Waals surface area contributed by atoms with Gasteiger partial charge in [-0.3, -0.25) is 0 Å². The van der Waals surface area contributed by atoms with Gasteiger partial charge in [0.25, 0.3) is 0 Å². The van der Waals surface area contributed by atoms with Gasteiger partial charge in [-0.1, -0.05) is 0 Å². The predicted octanol–water partition coefficient (Wildman–Crippen LogP) is 0.442. The molecular formula is C9H27NbO4-. The van der Waals surface area contributed by atoms with E-state index in [0.29, 0.717) is 0 Å². The molecule has 4 N–H and O–H groups in total. The monoisotopic (exact) mass is 292 g/mol. The van der Waals surface area contributed by atoms with Crippen molar-refractivity contribution in [2.45, 2.75) is 27.7 Å². The van der Waals surface area contributed by atoms with Crippen molar-refractivity contribution in [3.8, 4) is 0 Å². The molecule has 0 saturated heterocycles. The average molecular weight is 292 g/mol. The van der Waals surface area contributed by atoms with Crippen molar-refractivity contribution in [2.24, 2.45) is 0 Å². The zero-order valence-electron chi connectivity index (χ0n) is 10.1. The quantitative estimate of drug-likeness (QED) is 0.386. The van der Waals surface area contributed by atoms with Gasteiger partial charge in [0.1, 0.15) is 0 Å². The Morgan fingerprint density at radius 3 is 0.571 bits per heavy atom. The minimum Gasteiger partial charge on any atom is -0.397 e. The van der Waals surface area contributed by atoms with E-state index in [1.54, 1.807) is 27.7 Å². The van der Waals surface area contributed by atoms with Gasteiger partial charge < -0.3 is 27.9 Å². The molecule has 4 nitrogen and oxygen atoms in total. The maximum absolute atomic E-state index is 7.57. The van der Waals surface area contributed by atoms with Crippen LogP contribution in [0.1, 0.15) is 27.7 Å². The number of hydrogen-bond donors (Lipinski definition) is 4. The summed E-state index contributed by atoms with van der Waals surface area (Å²) in [6, 6.07) is 0. The van der Waals surface area contributed by atoms with Gasteiger partial charge in [0.05, 0.1) is 0 Å². The van der Waals surface area contributed by atoms with Crippen LogP contribution in [-0.2, 0) is 22.4 Å². The molecular weight excluding hydrogens is 265 g/mol. The van der Waals surface area contributed by atoms with Crippen molar-refractivity contribution in [1.82, 2.24) is 0 Å². The smallest absolute Gasteiger partial charge is 0.0402 e. The molecule has 0 amide bonds. The summed E-state index contributed by atoms with van der Waals surface area (Å²) in [6.07, 6.45) is 0. The fourth-order valence-corrected chi connectivity index (χ4v) is 0. The standard InChI is InChI=1S/4C2H6O.CH3.Nb/c4*1-2-3;;/h4*3H,2H2,1H3;1H3;/q;;;;-1;. The molecule has 0 aromatic carbocycles. The molecule has 0 aromatic heterocycles. The molecule has 1 radical (unpaired) electrons. The first-order chi connectivity index (χ1) is 5.66. The summed E-state index contributed by atoms with van der Waals surface area (Å²) >= 11 is 0. The van der Waals surface area contributed by atoms with Crippen LogP contribution in [-0.4, -0.2) is 46.9 Å². The third-order valence-electron chi connectivity index (χ3n) is 0. The largest absolute Gasteiger partial charge is 0.397 e. The Bertz CT molecular complexity index is 24.8. The van der Waals surface area contributed by atoms with Gasteiger partial charge in [-0.05, 0) is 27.7 Å². The predicted molar refractivity (Wildman–Crippen MR) is 57.5 cm³/mol. The minimum atomic E-state index is 0. The third-order valence-corrected chi connectivity index (χ3v) is 0. The first-order valence-corrected chi connectivity index (χ1v) is 4.09. The van der Waals surface area contributed by atoms with E-state index in [2.05, 4.69) is 0 Å². The van der Waals surface area contributed by atoms with Gasteiger partial charge >= 0.3 is 0 Å². The normalized spacial score (nSPS) is 5.14. The fourth-order valence-electron chi connectivity index (χ4n) is 0. The number of aliphatic hydroxyl groups is 4. The summed E-state index contributed by atoms with van der Waals surface area (Å²) in [5.41, 5.74) is 0. The molecule has 0 aromatic rings. The molecule has 0 unspecified atom stereocenters. The Labute approximate surface area is 104 Å². The van der Waals surface area contributed by atoms with E-state index in [1.165, 1.54) is 0 Å². The molecule has 0 rings (SSSR count). The molecule has 0 spiro atoms. The van der Waals surface area contributed by atoms with Gasteiger partial charge in [0, 0.05) is 48.8 Å². The third kappa shape index (κ3) is 5010. The van der Waals surface area contributed by atoms with E-state index >= 15 is 0 Å². The summed E-state index contributed by atoms with van der Waals surface area (Å²) in [5, 5.41) is 30.3. The van der Waals surface area contributed by atoms with Crippen LogP contribution in [0.4, 0.5) is 0 Å². The van der Waals surface area contributed by atoms with Crippen molar-refractivity contribution < 1.29 is 42.8 Å². The van der Waals surface area contributed by atoms with E-state index in [0.717, 1.165) is 0 Å². The molecule has 0 atom stereocenters. The van der Waals surface area contributed by atoms with E-state index in [-0.39, 0.29) is 56.2 Å². The molecule has 0 heterocycles. The van der Waals surface area contributed by atoms with Crippen LogP contribution in [0.15, 0.2) is 0 Å². The Morgan fingerprint density at radius 1 is 0.571 bits per heavy atom. The van der Waals surface area contributed by atoms with Gasteiger partial charge in [-0.2, -0.15) is 0 Å². The van der Waals surface area contributed by atoms with Gasteiger partial charge in [0.15, 0.2) is 0 Å². The zero-order valence-corrected chi connectivity index (χ0v) is 12.3. The Kier molecular flexibility index (Phi) is 267. The van der Waals surface area contributed by atoms with E-state index < -0.39 is 0 Å². The van der Waals surface area contributed by atoms with E-state index in [4.69, 9.17) is 20.4 Å². The molecule has 93 valence electrons. The summed E-state index contributed by atoms with van der Waals surface area (Å²) in [6.45, 7) is 7.72. The first-order valence-electron chi connectivity index (χ1n) is 4.09. The Morgan fingerprint density at radius 2 is 0.571 bits per heavy atom. The minimum absolute atomic E-state index is 0. The van der Waals surface area contributed by atoms with Gasteiger partial charge in [-0.25, -0.2) is 0 Å². The molecule has 5 heteroatoms. The van der Waals surface area contributed by atoms with Crippen LogP contribution >= 0.6 is 0 Å². The maximum Gasteiger partial charge on any atom is 0.0402 e. The Hall–Kier alpha value is 0.580. The van der Waals surface area contributed by atoms with Crippen LogP contribution in [0.3, 0.4) is 0 Å². The van der Waals surface area contributed by atoms with Crippen LogP contribution in [0.25, 0.3) is 0 Å². The van der Waals surface area contributed by atoms with Crippen LogP contribution in [0.2, 0.25) is 0 Å². The van der Waals surface area contributed by atoms with Crippen LogP contribution < -0.4 is 0 Å².